The van der Waals surface area contributed by atoms with Gasteiger partial charge in [0.15, 0.2) is 0 Å². The molecule has 1 unspecified atom stereocenters. The number of H-pyrrole nitrogens is 1. The first kappa shape index (κ1) is 17.9. The maximum absolute atomic E-state index is 12.9. The first-order valence-electron chi connectivity index (χ1n) is 10.8. The van der Waals surface area contributed by atoms with Crippen molar-refractivity contribution in [3.05, 3.63) is 27.4 Å². The molecule has 150 valence electrons. The Morgan fingerprint density at radius 3 is 2.43 bits per heavy atom. The average Bonchev–Trinajstić information content (AvgIpc) is 3.51. The Labute approximate surface area is 164 Å². The van der Waals surface area contributed by atoms with Crippen LogP contribution in [-0.2, 0) is 22.6 Å². The van der Waals surface area contributed by atoms with Crippen molar-refractivity contribution in [3.8, 4) is 0 Å². The minimum atomic E-state index is -0.144. The molecule has 2 saturated carbocycles. The van der Waals surface area contributed by atoms with Crippen molar-refractivity contribution >= 4 is 11.8 Å². The van der Waals surface area contributed by atoms with Gasteiger partial charge in [-0.15, -0.1) is 0 Å². The monoisotopic (exact) mass is 384 g/mol. The highest BCUT2D eigenvalue weighted by Gasteiger charge is 2.38. The lowest BCUT2D eigenvalue weighted by molar-refractivity contribution is -0.142. The van der Waals surface area contributed by atoms with Crippen molar-refractivity contribution in [3.63, 3.8) is 0 Å². The summed E-state index contributed by atoms with van der Waals surface area (Å²) in [5.41, 5.74) is 1.28. The molecular formula is C21H28N4O3. The summed E-state index contributed by atoms with van der Waals surface area (Å²) in [4.78, 5) is 49.6. The highest BCUT2D eigenvalue weighted by atomic mass is 16.2. The average molecular weight is 384 g/mol. The van der Waals surface area contributed by atoms with Crippen molar-refractivity contribution < 1.29 is 9.59 Å². The lowest BCUT2D eigenvalue weighted by Crippen LogP contribution is -2.45. The SMILES string of the molecule is O=C(C1CC1)N1CCc2nc(C3CCCCN3C(=O)C3CCC3)[nH]c(=O)c2C1. The first-order chi connectivity index (χ1) is 13.6. The molecule has 4 aliphatic rings. The Balaban J connectivity index is 1.40. The van der Waals surface area contributed by atoms with Crippen LogP contribution in [0.3, 0.4) is 0 Å². The molecule has 28 heavy (non-hydrogen) atoms. The number of nitrogens with zero attached hydrogens (tertiary/aromatic N) is 3. The number of hydrogen-bond acceptors (Lipinski definition) is 4. The maximum atomic E-state index is 12.9. The molecule has 0 spiro atoms. The minimum Gasteiger partial charge on any atom is -0.337 e. The van der Waals surface area contributed by atoms with Gasteiger partial charge in [0.2, 0.25) is 11.8 Å². The van der Waals surface area contributed by atoms with Gasteiger partial charge in [0.25, 0.3) is 5.56 Å². The number of amides is 2. The zero-order valence-electron chi connectivity index (χ0n) is 16.3. The topological polar surface area (TPSA) is 86.4 Å². The van der Waals surface area contributed by atoms with Gasteiger partial charge in [-0.2, -0.15) is 0 Å². The molecule has 2 amide bonds. The second-order valence-electron chi connectivity index (χ2n) is 8.83. The van der Waals surface area contributed by atoms with Gasteiger partial charge < -0.3 is 14.8 Å². The van der Waals surface area contributed by atoms with Gasteiger partial charge in [0, 0.05) is 31.3 Å². The van der Waals surface area contributed by atoms with E-state index in [0.717, 1.165) is 63.6 Å². The summed E-state index contributed by atoms with van der Waals surface area (Å²) in [7, 11) is 0. The van der Waals surface area contributed by atoms with E-state index in [0.29, 0.717) is 30.9 Å². The number of fused-ring (bicyclic) bond motifs is 1. The van der Waals surface area contributed by atoms with E-state index in [2.05, 4.69) is 4.98 Å². The second-order valence-corrected chi connectivity index (χ2v) is 8.83. The summed E-state index contributed by atoms with van der Waals surface area (Å²) < 4.78 is 0. The standard InChI is InChI=1S/C21H28N4O3/c26-19-15-12-24(20(27)14-7-8-14)11-9-16(15)22-18(23-19)17-6-1-2-10-25(17)21(28)13-4-3-5-13/h13-14,17H,1-12H2,(H,22,23,26). The number of carbonyl (C=O) groups is 2. The van der Waals surface area contributed by atoms with Crippen LogP contribution in [0.2, 0.25) is 0 Å². The van der Waals surface area contributed by atoms with Crippen LogP contribution in [0.25, 0.3) is 0 Å². The molecule has 0 bridgehead atoms. The number of nitrogens with one attached hydrogen (secondary N) is 1. The van der Waals surface area contributed by atoms with Gasteiger partial charge in [-0.25, -0.2) is 4.98 Å². The summed E-state index contributed by atoms with van der Waals surface area (Å²) in [6, 6.07) is -0.119. The fraction of sp³-hybridized carbons (Fsp3) is 0.714. The molecule has 0 aromatic carbocycles. The van der Waals surface area contributed by atoms with Crippen molar-refractivity contribution in [1.82, 2.24) is 19.8 Å². The Bertz CT molecular complexity index is 856. The van der Waals surface area contributed by atoms with Crippen molar-refractivity contribution in [2.24, 2.45) is 11.8 Å². The fourth-order valence-corrected chi connectivity index (χ4v) is 4.75. The van der Waals surface area contributed by atoms with Gasteiger partial charge in [-0.3, -0.25) is 14.4 Å². The number of rotatable bonds is 3. The third kappa shape index (κ3) is 3.14. The van der Waals surface area contributed by atoms with Crippen LogP contribution in [-0.4, -0.2) is 44.7 Å². The number of piperidine rings is 1. The van der Waals surface area contributed by atoms with E-state index in [1.165, 1.54) is 0 Å². The Kier molecular flexibility index (Phi) is 4.48. The molecule has 1 aromatic heterocycles. The Morgan fingerprint density at radius 2 is 1.71 bits per heavy atom. The van der Waals surface area contributed by atoms with Crippen LogP contribution in [0.1, 0.15) is 74.5 Å². The van der Waals surface area contributed by atoms with E-state index in [-0.39, 0.29) is 35.3 Å². The summed E-state index contributed by atoms with van der Waals surface area (Å²) in [6.45, 7) is 1.75. The van der Waals surface area contributed by atoms with Crippen molar-refractivity contribution in [2.45, 2.75) is 70.4 Å². The molecule has 0 radical (unpaired) electrons. The zero-order valence-corrected chi connectivity index (χ0v) is 16.3. The molecule has 7 heteroatoms. The van der Waals surface area contributed by atoms with Gasteiger partial charge in [0.05, 0.1) is 23.8 Å². The van der Waals surface area contributed by atoms with E-state index in [1.54, 1.807) is 0 Å². The van der Waals surface area contributed by atoms with E-state index < -0.39 is 0 Å². The smallest absolute Gasteiger partial charge is 0.256 e. The zero-order chi connectivity index (χ0) is 19.3. The molecule has 3 heterocycles. The maximum Gasteiger partial charge on any atom is 0.256 e. The number of carbonyl (C=O) groups excluding carboxylic acids is 2. The Hall–Kier alpha value is -2.18. The van der Waals surface area contributed by atoms with Crippen LogP contribution < -0.4 is 5.56 Å². The molecule has 1 saturated heterocycles. The summed E-state index contributed by atoms with van der Waals surface area (Å²) in [5, 5.41) is 0. The number of hydrogen-bond donors (Lipinski definition) is 1. The summed E-state index contributed by atoms with van der Waals surface area (Å²) >= 11 is 0. The normalized spacial score (nSPS) is 25.2. The first-order valence-corrected chi connectivity index (χ1v) is 10.8. The predicted octanol–water partition coefficient (Wildman–Crippen LogP) is 1.92. The van der Waals surface area contributed by atoms with Crippen LogP contribution >= 0.6 is 0 Å². The molecule has 3 fully saturated rings. The van der Waals surface area contributed by atoms with Crippen LogP contribution in [0.15, 0.2) is 4.79 Å². The quantitative estimate of drug-likeness (QED) is 0.863. The molecule has 1 N–H and O–H groups in total. The van der Waals surface area contributed by atoms with Gasteiger partial charge in [0.1, 0.15) is 5.82 Å². The van der Waals surface area contributed by atoms with E-state index in [1.807, 2.05) is 9.80 Å². The lowest BCUT2D eigenvalue weighted by atomic mass is 9.83. The predicted molar refractivity (Wildman–Crippen MR) is 102 cm³/mol. The van der Waals surface area contributed by atoms with E-state index >= 15 is 0 Å². The molecule has 5 rings (SSSR count). The fourth-order valence-electron chi connectivity index (χ4n) is 4.75. The van der Waals surface area contributed by atoms with E-state index in [9.17, 15) is 14.4 Å². The number of likely N-dealkylation sites (tertiary alicyclic amines) is 1. The van der Waals surface area contributed by atoms with E-state index in [4.69, 9.17) is 4.98 Å². The molecule has 1 aromatic rings. The van der Waals surface area contributed by atoms with Crippen LogP contribution in [0.5, 0.6) is 0 Å². The molecule has 2 aliphatic carbocycles. The lowest BCUT2D eigenvalue weighted by Gasteiger charge is -2.39. The highest BCUT2D eigenvalue weighted by Crippen LogP contribution is 2.36. The third-order valence-electron chi connectivity index (χ3n) is 6.88. The molecule has 2 aliphatic heterocycles. The van der Waals surface area contributed by atoms with Gasteiger partial charge in [-0.1, -0.05) is 6.42 Å². The van der Waals surface area contributed by atoms with Gasteiger partial charge >= 0.3 is 0 Å². The van der Waals surface area contributed by atoms with Crippen LogP contribution in [0, 0.1) is 11.8 Å². The van der Waals surface area contributed by atoms with Crippen molar-refractivity contribution in [2.75, 3.05) is 13.1 Å². The number of aromatic nitrogens is 2. The minimum absolute atomic E-state index is 0.119. The molecule has 7 nitrogen and oxygen atoms in total. The third-order valence-corrected chi connectivity index (χ3v) is 6.88. The highest BCUT2D eigenvalue weighted by molar-refractivity contribution is 5.81. The summed E-state index contributed by atoms with van der Waals surface area (Å²) in [6.07, 6.45) is 8.60. The van der Waals surface area contributed by atoms with Crippen LogP contribution in [0.4, 0.5) is 0 Å². The van der Waals surface area contributed by atoms with Gasteiger partial charge in [-0.05, 0) is 44.9 Å². The Morgan fingerprint density at radius 1 is 0.929 bits per heavy atom. The summed E-state index contributed by atoms with van der Waals surface area (Å²) in [5.74, 6) is 1.38. The number of aromatic amines is 1. The second kappa shape index (κ2) is 7.01. The molecule has 1 atom stereocenters. The largest absolute Gasteiger partial charge is 0.337 e. The molecular weight excluding hydrogens is 356 g/mol. The van der Waals surface area contributed by atoms with Crippen molar-refractivity contribution in [1.29, 1.82) is 0 Å².